The molecule has 1 aromatic heterocycles. The summed E-state index contributed by atoms with van der Waals surface area (Å²) in [4.78, 5) is 35.3. The first-order chi connectivity index (χ1) is 12.4. The Morgan fingerprint density at radius 2 is 2.00 bits per heavy atom. The number of pyridine rings is 1. The maximum atomic E-state index is 14.3. The van der Waals surface area contributed by atoms with Crippen LogP contribution in [0.2, 0.25) is 0 Å². The lowest BCUT2D eigenvalue weighted by Gasteiger charge is -2.12. The summed E-state index contributed by atoms with van der Waals surface area (Å²) in [7, 11) is 0. The van der Waals surface area contributed by atoms with Gasteiger partial charge >= 0.3 is 0 Å². The Labute approximate surface area is 148 Å². The van der Waals surface area contributed by atoms with Crippen molar-refractivity contribution in [2.75, 3.05) is 5.32 Å². The molecule has 136 valence electrons. The molecule has 1 fully saturated rings. The molecule has 0 bridgehead atoms. The molecule has 1 saturated carbocycles. The number of benzene rings is 1. The van der Waals surface area contributed by atoms with Crippen molar-refractivity contribution in [3.63, 3.8) is 0 Å². The highest BCUT2D eigenvalue weighted by Crippen LogP contribution is 2.32. The average Bonchev–Trinajstić information content (AvgIpc) is 2.99. The molecule has 3 atom stereocenters. The summed E-state index contributed by atoms with van der Waals surface area (Å²) in [5.74, 6) is -3.24. The monoisotopic (exact) mass is 359 g/mol. The van der Waals surface area contributed by atoms with Crippen LogP contribution in [-0.4, -0.2) is 27.6 Å². The molecule has 8 heteroatoms. The zero-order chi connectivity index (χ0) is 18.8. The summed E-state index contributed by atoms with van der Waals surface area (Å²) in [6.07, 6.45) is 0.764. The van der Waals surface area contributed by atoms with Gasteiger partial charge in [-0.15, -0.1) is 0 Å². The van der Waals surface area contributed by atoms with E-state index in [4.69, 9.17) is 5.73 Å². The molecule has 7 nitrogen and oxygen atoms in total. The molecule has 0 unspecified atom stereocenters. The van der Waals surface area contributed by atoms with Gasteiger partial charge in [0.15, 0.2) is 0 Å². The van der Waals surface area contributed by atoms with Crippen molar-refractivity contribution in [2.24, 2.45) is 17.6 Å². The Kier molecular flexibility index (Phi) is 4.85. The Bertz CT molecular complexity index is 911. The number of nitrogens with one attached hydrogen (secondary N) is 1. The molecule has 1 heterocycles. The minimum atomic E-state index is -0.972. The number of aromatic nitrogens is 1. The lowest BCUT2D eigenvalue weighted by Crippen LogP contribution is -2.29. The number of hydrogen-bond donors (Lipinski definition) is 3. The summed E-state index contributed by atoms with van der Waals surface area (Å²) in [5.41, 5.74) is 5.18. The highest BCUT2D eigenvalue weighted by molar-refractivity contribution is 5.93. The largest absolute Gasteiger partial charge is 0.392 e. The number of anilines is 1. The summed E-state index contributed by atoms with van der Waals surface area (Å²) in [6.45, 7) is 0. The number of halogens is 1. The number of amides is 2. The minimum absolute atomic E-state index is 0.0419. The van der Waals surface area contributed by atoms with Crippen LogP contribution in [0.25, 0.3) is 5.69 Å². The van der Waals surface area contributed by atoms with Crippen molar-refractivity contribution in [1.82, 2.24) is 4.57 Å². The number of nitrogens with zero attached hydrogens (tertiary/aromatic N) is 1. The van der Waals surface area contributed by atoms with E-state index in [1.807, 2.05) is 0 Å². The number of hydrogen-bond acceptors (Lipinski definition) is 4. The molecule has 1 aromatic carbocycles. The first kappa shape index (κ1) is 17.8. The van der Waals surface area contributed by atoms with Gasteiger partial charge < -0.3 is 16.2 Å². The van der Waals surface area contributed by atoms with E-state index in [-0.39, 0.29) is 24.1 Å². The van der Waals surface area contributed by atoms with Crippen molar-refractivity contribution in [3.05, 3.63) is 58.8 Å². The molecule has 0 radical (unpaired) electrons. The van der Waals surface area contributed by atoms with Crippen molar-refractivity contribution in [3.8, 4) is 5.69 Å². The van der Waals surface area contributed by atoms with Gasteiger partial charge in [-0.3, -0.25) is 19.0 Å². The standard InChI is InChI=1S/C18H18FN3O4/c19-13-9-11(22-6-2-1-3-16(22)24)4-5-14(13)21-18(26)10-7-12(17(20)25)15(23)8-10/h1-6,9-10,12,15,23H,7-8H2,(H2,20,25)(H,21,26)/t10-,12+,15+/m1/s1. The lowest BCUT2D eigenvalue weighted by atomic mass is 10.0. The Morgan fingerprint density at radius 1 is 1.23 bits per heavy atom. The van der Waals surface area contributed by atoms with Gasteiger partial charge in [-0.05, 0) is 31.0 Å². The van der Waals surface area contributed by atoms with Crippen LogP contribution in [0.5, 0.6) is 0 Å². The van der Waals surface area contributed by atoms with Crippen LogP contribution in [-0.2, 0) is 9.59 Å². The van der Waals surface area contributed by atoms with Crippen LogP contribution < -0.4 is 16.6 Å². The maximum absolute atomic E-state index is 14.3. The zero-order valence-corrected chi connectivity index (χ0v) is 13.8. The molecular weight excluding hydrogens is 341 g/mol. The minimum Gasteiger partial charge on any atom is -0.392 e. The van der Waals surface area contributed by atoms with Crippen LogP contribution in [0.1, 0.15) is 12.8 Å². The fourth-order valence-corrected chi connectivity index (χ4v) is 3.17. The molecule has 0 saturated heterocycles. The average molecular weight is 359 g/mol. The molecule has 0 spiro atoms. The van der Waals surface area contributed by atoms with Crippen LogP contribution in [0.15, 0.2) is 47.4 Å². The topological polar surface area (TPSA) is 114 Å². The molecule has 1 aliphatic rings. The summed E-state index contributed by atoms with van der Waals surface area (Å²) >= 11 is 0. The maximum Gasteiger partial charge on any atom is 0.255 e. The molecule has 0 aliphatic heterocycles. The third kappa shape index (κ3) is 3.50. The second-order valence-corrected chi connectivity index (χ2v) is 6.31. The van der Waals surface area contributed by atoms with Gasteiger partial charge in [0.05, 0.1) is 23.4 Å². The third-order valence-electron chi connectivity index (χ3n) is 4.58. The van der Waals surface area contributed by atoms with Gasteiger partial charge in [0.2, 0.25) is 11.8 Å². The van der Waals surface area contributed by atoms with E-state index >= 15 is 0 Å². The van der Waals surface area contributed by atoms with E-state index in [1.54, 1.807) is 12.1 Å². The van der Waals surface area contributed by atoms with Crippen LogP contribution in [0, 0.1) is 17.7 Å². The number of aliphatic hydroxyl groups excluding tert-OH is 1. The number of carbonyl (C=O) groups excluding carboxylic acids is 2. The number of aliphatic hydroxyl groups is 1. The van der Waals surface area contributed by atoms with Gasteiger partial charge in [-0.2, -0.15) is 0 Å². The molecule has 4 N–H and O–H groups in total. The van der Waals surface area contributed by atoms with Crippen LogP contribution >= 0.6 is 0 Å². The normalized spacial score (nSPS) is 22.2. The number of primary amides is 1. The molecular formula is C18H18FN3O4. The number of nitrogens with two attached hydrogens (primary N) is 1. The van der Waals surface area contributed by atoms with Crippen molar-refractivity contribution in [2.45, 2.75) is 18.9 Å². The Morgan fingerprint density at radius 3 is 2.62 bits per heavy atom. The fraction of sp³-hybridized carbons (Fsp3) is 0.278. The predicted octanol–water partition coefficient (Wildman–Crippen LogP) is 0.787. The second-order valence-electron chi connectivity index (χ2n) is 6.31. The van der Waals surface area contributed by atoms with Gasteiger partial charge in [-0.1, -0.05) is 6.07 Å². The predicted molar refractivity (Wildman–Crippen MR) is 92.0 cm³/mol. The lowest BCUT2D eigenvalue weighted by molar-refractivity contribution is -0.124. The number of carbonyl (C=O) groups is 2. The Hall–Kier alpha value is -3.00. The fourth-order valence-electron chi connectivity index (χ4n) is 3.17. The zero-order valence-electron chi connectivity index (χ0n) is 13.8. The molecule has 26 heavy (non-hydrogen) atoms. The van der Waals surface area contributed by atoms with Gasteiger partial charge in [-0.25, -0.2) is 4.39 Å². The van der Waals surface area contributed by atoms with E-state index in [0.717, 1.165) is 6.07 Å². The van der Waals surface area contributed by atoms with E-state index in [0.29, 0.717) is 5.69 Å². The SMILES string of the molecule is NC(=O)[C@H]1C[C@@H](C(=O)Nc2ccc(-n3ccccc3=O)cc2F)C[C@@H]1O. The first-order valence-corrected chi connectivity index (χ1v) is 8.12. The highest BCUT2D eigenvalue weighted by atomic mass is 19.1. The second kappa shape index (κ2) is 7.09. The summed E-state index contributed by atoms with van der Waals surface area (Å²) in [6, 6.07) is 8.60. The van der Waals surface area contributed by atoms with Crippen molar-refractivity contribution in [1.29, 1.82) is 0 Å². The van der Waals surface area contributed by atoms with E-state index in [1.165, 1.54) is 29.0 Å². The molecule has 1 aliphatic carbocycles. The Balaban J connectivity index is 1.75. The molecule has 2 aromatic rings. The van der Waals surface area contributed by atoms with Gasteiger partial charge in [0, 0.05) is 24.2 Å². The number of rotatable bonds is 4. The van der Waals surface area contributed by atoms with Crippen molar-refractivity contribution < 1.29 is 19.1 Å². The first-order valence-electron chi connectivity index (χ1n) is 8.12. The van der Waals surface area contributed by atoms with Crippen LogP contribution in [0.3, 0.4) is 0 Å². The third-order valence-corrected chi connectivity index (χ3v) is 4.58. The van der Waals surface area contributed by atoms with Crippen molar-refractivity contribution >= 4 is 17.5 Å². The van der Waals surface area contributed by atoms with E-state index in [9.17, 15) is 23.9 Å². The van der Waals surface area contributed by atoms with E-state index in [2.05, 4.69) is 5.32 Å². The highest BCUT2D eigenvalue weighted by Gasteiger charge is 2.40. The quantitative estimate of drug-likeness (QED) is 0.748. The van der Waals surface area contributed by atoms with Crippen LogP contribution in [0.4, 0.5) is 10.1 Å². The van der Waals surface area contributed by atoms with Gasteiger partial charge in [0.1, 0.15) is 5.82 Å². The smallest absolute Gasteiger partial charge is 0.255 e. The van der Waals surface area contributed by atoms with E-state index < -0.39 is 35.6 Å². The summed E-state index contributed by atoms with van der Waals surface area (Å²) in [5, 5.41) is 12.3. The molecule has 2 amide bonds. The summed E-state index contributed by atoms with van der Waals surface area (Å²) < 4.78 is 15.6. The molecule has 3 rings (SSSR count). The van der Waals surface area contributed by atoms with Gasteiger partial charge in [0.25, 0.3) is 5.56 Å².